The van der Waals surface area contributed by atoms with Crippen LogP contribution in [0.5, 0.6) is 0 Å². The molecule has 0 saturated heterocycles. The van der Waals surface area contributed by atoms with Crippen LogP contribution in [-0.2, 0) is 16.6 Å². The van der Waals surface area contributed by atoms with Gasteiger partial charge in [-0.05, 0) is 48.7 Å². The van der Waals surface area contributed by atoms with Gasteiger partial charge in [0.2, 0.25) is 0 Å². The third kappa shape index (κ3) is 3.51. The summed E-state index contributed by atoms with van der Waals surface area (Å²) in [5.74, 6) is -0.0263. The summed E-state index contributed by atoms with van der Waals surface area (Å²) in [6.07, 6.45) is 3.25. The largest absolute Gasteiger partial charge is 0.331 e. The highest BCUT2D eigenvalue weighted by Crippen LogP contribution is 2.27. The molecule has 3 rings (SSSR count). The number of aryl methyl sites for hydroxylation is 1. The van der Waals surface area contributed by atoms with Gasteiger partial charge in [0.25, 0.3) is 10.0 Å². The average Bonchev–Trinajstić information content (AvgIpc) is 2.90. The van der Waals surface area contributed by atoms with Crippen molar-refractivity contribution in [3.8, 4) is 0 Å². The highest BCUT2D eigenvalue weighted by atomic mass is 32.2. The zero-order chi connectivity index (χ0) is 18.2. The first-order chi connectivity index (χ1) is 11.8. The van der Waals surface area contributed by atoms with Crippen LogP contribution in [0.2, 0.25) is 0 Å². The number of sulfonamides is 1. The van der Waals surface area contributed by atoms with Gasteiger partial charge in [0.1, 0.15) is 16.4 Å². The summed E-state index contributed by atoms with van der Waals surface area (Å²) in [5, 5.41) is 0.564. The number of hydrogen-bond acceptors (Lipinski definition) is 3. The van der Waals surface area contributed by atoms with Crippen LogP contribution in [0.3, 0.4) is 0 Å². The van der Waals surface area contributed by atoms with Gasteiger partial charge in [-0.15, -0.1) is 0 Å². The van der Waals surface area contributed by atoms with E-state index < -0.39 is 10.0 Å². The predicted molar refractivity (Wildman–Crippen MR) is 96.5 cm³/mol. The molecule has 5 nitrogen and oxygen atoms in total. The molecule has 0 radical (unpaired) electrons. The Morgan fingerprint density at radius 1 is 1.28 bits per heavy atom. The molecule has 2 heterocycles. The minimum atomic E-state index is -3.82. The highest BCUT2D eigenvalue weighted by molar-refractivity contribution is 7.93. The summed E-state index contributed by atoms with van der Waals surface area (Å²) in [4.78, 5) is 4.49. The molecule has 0 fully saturated rings. The van der Waals surface area contributed by atoms with Crippen LogP contribution >= 0.6 is 0 Å². The van der Waals surface area contributed by atoms with Gasteiger partial charge in [-0.1, -0.05) is 13.8 Å². The second kappa shape index (κ2) is 6.48. The van der Waals surface area contributed by atoms with E-state index in [0.717, 1.165) is 0 Å². The summed E-state index contributed by atoms with van der Waals surface area (Å²) in [6.45, 7) is 6.37. The van der Waals surface area contributed by atoms with Gasteiger partial charge < -0.3 is 4.57 Å². The number of nitrogens with zero attached hydrogens (tertiary/aromatic N) is 2. The molecule has 0 saturated carbocycles. The Kier molecular flexibility index (Phi) is 4.51. The van der Waals surface area contributed by atoms with Crippen LogP contribution < -0.4 is 4.72 Å². The molecule has 2 aromatic heterocycles. The van der Waals surface area contributed by atoms with Gasteiger partial charge in [0.05, 0.1) is 0 Å². The van der Waals surface area contributed by atoms with E-state index in [1.54, 1.807) is 31.5 Å². The molecule has 0 unspecified atom stereocenters. The third-order valence-electron chi connectivity index (χ3n) is 3.86. The molecule has 132 valence electrons. The van der Waals surface area contributed by atoms with Gasteiger partial charge in [-0.3, -0.25) is 4.72 Å². The molecule has 1 aromatic carbocycles. The number of anilines is 1. The zero-order valence-corrected chi connectivity index (χ0v) is 15.1. The van der Waals surface area contributed by atoms with E-state index in [1.165, 1.54) is 18.2 Å². The lowest BCUT2D eigenvalue weighted by Gasteiger charge is -2.08. The van der Waals surface area contributed by atoms with Gasteiger partial charge >= 0.3 is 0 Å². The number of benzene rings is 1. The fraction of sp³-hybridized carbons (Fsp3) is 0.278. The van der Waals surface area contributed by atoms with Crippen LogP contribution in [0, 0.1) is 18.7 Å². The van der Waals surface area contributed by atoms with Crippen molar-refractivity contribution in [3.05, 3.63) is 54.1 Å². The Morgan fingerprint density at radius 2 is 2.04 bits per heavy atom. The summed E-state index contributed by atoms with van der Waals surface area (Å²) in [7, 11) is -3.82. The van der Waals surface area contributed by atoms with Crippen molar-refractivity contribution in [1.82, 2.24) is 9.55 Å². The van der Waals surface area contributed by atoms with Crippen LogP contribution in [0.25, 0.3) is 11.0 Å². The number of hydrogen-bond donors (Lipinski definition) is 1. The number of rotatable bonds is 5. The molecule has 1 N–H and O–H groups in total. The van der Waals surface area contributed by atoms with E-state index in [1.807, 2.05) is 4.57 Å². The smallest absolute Gasteiger partial charge is 0.264 e. The van der Waals surface area contributed by atoms with Crippen molar-refractivity contribution in [1.29, 1.82) is 0 Å². The summed E-state index contributed by atoms with van der Waals surface area (Å²) in [5.41, 5.74) is 1.34. The molecule has 0 bridgehead atoms. The third-order valence-corrected chi connectivity index (χ3v) is 5.27. The number of pyridine rings is 1. The molecule has 3 aromatic rings. The standard InChI is InChI=1S/C18H20FN3O2S/c1-12(2)10-22-11-17(15-5-4-8-20-18(15)22)25(23,24)21-14-6-7-16(19)13(3)9-14/h4-9,11-12,21H,10H2,1-3H3. The normalized spacial score (nSPS) is 12.0. The van der Waals surface area contributed by atoms with Crippen molar-refractivity contribution >= 4 is 26.7 Å². The Hall–Kier alpha value is -2.41. The maximum absolute atomic E-state index is 13.4. The maximum Gasteiger partial charge on any atom is 0.264 e. The van der Waals surface area contributed by atoms with Crippen molar-refractivity contribution in [2.75, 3.05) is 4.72 Å². The fourth-order valence-corrected chi connectivity index (χ4v) is 4.02. The van der Waals surface area contributed by atoms with Crippen molar-refractivity contribution < 1.29 is 12.8 Å². The topological polar surface area (TPSA) is 64.0 Å². The van der Waals surface area contributed by atoms with Crippen LogP contribution in [0.15, 0.2) is 47.6 Å². The molecule has 0 spiro atoms. The second-order valence-corrected chi connectivity index (χ2v) is 8.13. The van der Waals surface area contributed by atoms with E-state index in [9.17, 15) is 12.8 Å². The van der Waals surface area contributed by atoms with Gasteiger partial charge in [-0.25, -0.2) is 17.8 Å². The molecule has 25 heavy (non-hydrogen) atoms. The Morgan fingerprint density at radius 3 is 2.72 bits per heavy atom. The minimum absolute atomic E-state index is 0.165. The SMILES string of the molecule is Cc1cc(NS(=O)(=O)c2cn(CC(C)C)c3ncccc23)ccc1F. The second-order valence-electron chi connectivity index (χ2n) is 6.48. The number of nitrogens with one attached hydrogen (secondary N) is 1. The molecule has 0 amide bonds. The molecular formula is C18H20FN3O2S. The summed E-state index contributed by atoms with van der Waals surface area (Å²) in [6, 6.07) is 7.58. The summed E-state index contributed by atoms with van der Waals surface area (Å²) < 4.78 is 43.5. The quantitative estimate of drug-likeness (QED) is 0.749. The zero-order valence-electron chi connectivity index (χ0n) is 14.3. The first-order valence-corrected chi connectivity index (χ1v) is 9.49. The molecule has 0 atom stereocenters. The Bertz CT molecular complexity index is 1030. The van der Waals surface area contributed by atoms with Crippen molar-refractivity contribution in [2.45, 2.75) is 32.2 Å². The molecule has 0 aliphatic heterocycles. The van der Waals surface area contributed by atoms with Crippen LogP contribution in [-0.4, -0.2) is 18.0 Å². The maximum atomic E-state index is 13.4. The lowest BCUT2D eigenvalue weighted by atomic mass is 10.2. The summed E-state index contributed by atoms with van der Waals surface area (Å²) >= 11 is 0. The lowest BCUT2D eigenvalue weighted by Crippen LogP contribution is -2.13. The molecular weight excluding hydrogens is 341 g/mol. The van der Waals surface area contributed by atoms with Gasteiger partial charge in [-0.2, -0.15) is 0 Å². The minimum Gasteiger partial charge on any atom is -0.331 e. The van der Waals surface area contributed by atoms with Gasteiger partial charge in [0.15, 0.2) is 0 Å². The first kappa shape index (κ1) is 17.4. The van der Waals surface area contributed by atoms with E-state index in [4.69, 9.17) is 0 Å². The van der Waals surface area contributed by atoms with E-state index in [-0.39, 0.29) is 10.7 Å². The van der Waals surface area contributed by atoms with Crippen molar-refractivity contribution in [3.63, 3.8) is 0 Å². The van der Waals surface area contributed by atoms with Crippen LogP contribution in [0.4, 0.5) is 10.1 Å². The Labute approximate surface area is 146 Å². The molecule has 0 aliphatic carbocycles. The fourth-order valence-electron chi connectivity index (χ4n) is 2.76. The van der Waals surface area contributed by atoms with Crippen molar-refractivity contribution in [2.24, 2.45) is 5.92 Å². The predicted octanol–water partition coefficient (Wildman–Crippen LogP) is 3.94. The highest BCUT2D eigenvalue weighted by Gasteiger charge is 2.22. The van der Waals surface area contributed by atoms with E-state index >= 15 is 0 Å². The molecule has 7 heteroatoms. The van der Waals surface area contributed by atoms with E-state index in [2.05, 4.69) is 23.6 Å². The first-order valence-electron chi connectivity index (χ1n) is 8.01. The van der Waals surface area contributed by atoms with E-state index in [0.29, 0.717) is 34.7 Å². The average molecular weight is 361 g/mol. The monoisotopic (exact) mass is 361 g/mol. The number of aromatic nitrogens is 2. The number of fused-ring (bicyclic) bond motifs is 1. The molecule has 0 aliphatic rings. The lowest BCUT2D eigenvalue weighted by molar-refractivity contribution is 0.530. The Balaban J connectivity index is 2.06. The van der Waals surface area contributed by atoms with Crippen LogP contribution in [0.1, 0.15) is 19.4 Å². The number of halogens is 1. The van der Waals surface area contributed by atoms with Gasteiger partial charge in [0, 0.05) is 30.0 Å².